The summed E-state index contributed by atoms with van der Waals surface area (Å²) in [5.74, 6) is -0.239. The van der Waals surface area contributed by atoms with Crippen LogP contribution >= 0.6 is 0 Å². The minimum absolute atomic E-state index is 0.0256. The van der Waals surface area contributed by atoms with E-state index in [4.69, 9.17) is 4.74 Å². The second-order valence-electron chi connectivity index (χ2n) is 9.35. The fourth-order valence-corrected chi connectivity index (χ4v) is 5.75. The molecule has 0 aliphatic heterocycles. The van der Waals surface area contributed by atoms with Gasteiger partial charge in [-0.05, 0) is 69.2 Å². The number of nitrogens with one attached hydrogen (secondary N) is 1. The smallest absolute Gasteiger partial charge is 0.264 e. The maximum Gasteiger partial charge on any atom is 0.264 e. The van der Waals surface area contributed by atoms with E-state index in [1.165, 1.54) is 24.1 Å². The summed E-state index contributed by atoms with van der Waals surface area (Å²) in [6, 6.07) is 19.9. The van der Waals surface area contributed by atoms with E-state index in [2.05, 4.69) is 5.32 Å². The average Bonchev–Trinajstić information content (AvgIpc) is 2.92. The van der Waals surface area contributed by atoms with Crippen molar-refractivity contribution in [2.45, 2.75) is 51.6 Å². The predicted octanol–water partition coefficient (Wildman–Crippen LogP) is 4.45. The number of carbonyl (C=O) groups excluding carboxylic acids is 2. The average molecular weight is 552 g/mol. The van der Waals surface area contributed by atoms with Gasteiger partial charge in [0, 0.05) is 13.1 Å². The van der Waals surface area contributed by atoms with Gasteiger partial charge in [-0.2, -0.15) is 0 Å². The van der Waals surface area contributed by atoms with E-state index in [1.807, 2.05) is 52.0 Å². The molecule has 3 aromatic carbocycles. The summed E-state index contributed by atoms with van der Waals surface area (Å²) in [4.78, 5) is 28.5. The highest BCUT2D eigenvalue weighted by molar-refractivity contribution is 7.92. The van der Waals surface area contributed by atoms with Gasteiger partial charge < -0.3 is 15.0 Å². The molecule has 0 bridgehead atoms. The summed E-state index contributed by atoms with van der Waals surface area (Å²) in [6.07, 6.45) is 0.374. The van der Waals surface area contributed by atoms with Crippen molar-refractivity contribution >= 4 is 27.5 Å². The summed E-state index contributed by atoms with van der Waals surface area (Å²) >= 11 is 0. The molecule has 0 saturated heterocycles. The van der Waals surface area contributed by atoms with Crippen molar-refractivity contribution in [1.82, 2.24) is 10.2 Å². The largest absolute Gasteiger partial charge is 0.497 e. The van der Waals surface area contributed by atoms with Crippen LogP contribution in [0.25, 0.3) is 0 Å². The Hall–Kier alpha value is -3.85. The molecule has 208 valence electrons. The molecule has 2 amide bonds. The molecule has 1 atom stereocenters. The van der Waals surface area contributed by atoms with Gasteiger partial charge in [0.1, 0.15) is 18.3 Å². The number of likely N-dealkylation sites (N-methyl/N-ethyl adjacent to an activating group) is 1. The van der Waals surface area contributed by atoms with Crippen LogP contribution in [0.5, 0.6) is 5.75 Å². The number of rotatable bonds is 12. The number of nitrogens with zero attached hydrogens (tertiary/aromatic N) is 2. The van der Waals surface area contributed by atoms with Gasteiger partial charge in [-0.25, -0.2) is 8.42 Å². The Bertz CT molecular complexity index is 1370. The lowest BCUT2D eigenvalue weighted by Crippen LogP contribution is -2.52. The lowest BCUT2D eigenvalue weighted by Gasteiger charge is -2.33. The maximum absolute atomic E-state index is 14.0. The summed E-state index contributed by atoms with van der Waals surface area (Å²) in [6.45, 7) is 7.62. The fourth-order valence-electron chi connectivity index (χ4n) is 4.33. The van der Waals surface area contributed by atoms with Crippen molar-refractivity contribution in [1.29, 1.82) is 0 Å². The molecule has 0 radical (unpaired) electrons. The molecule has 0 fully saturated rings. The number of amides is 2. The third kappa shape index (κ3) is 7.38. The first-order valence-corrected chi connectivity index (χ1v) is 14.4. The van der Waals surface area contributed by atoms with Crippen molar-refractivity contribution in [2.24, 2.45) is 0 Å². The Morgan fingerprint density at radius 1 is 0.923 bits per heavy atom. The number of methoxy groups -OCH3 is 1. The first kappa shape index (κ1) is 29.7. The van der Waals surface area contributed by atoms with E-state index in [0.717, 1.165) is 21.0 Å². The van der Waals surface area contributed by atoms with Gasteiger partial charge in [0.15, 0.2) is 0 Å². The van der Waals surface area contributed by atoms with Crippen LogP contribution in [0, 0.1) is 13.8 Å². The molecule has 0 aromatic heterocycles. The fraction of sp³-hybridized carbons (Fsp3) is 0.333. The lowest BCUT2D eigenvalue weighted by molar-refractivity contribution is -0.140. The standard InChI is InChI=1S/C30H37N3O5S/c1-6-28(30(35)31-7-2)32(20-24-10-8-9-23(4)19-24)29(34)21-33(25-13-11-22(3)12-14-25)39(36,37)27-17-15-26(38-5)16-18-27/h8-19,28H,6-7,20-21H2,1-5H3,(H,31,35)/t28-/m0/s1. The summed E-state index contributed by atoms with van der Waals surface area (Å²) in [5, 5.41) is 2.81. The quantitative estimate of drug-likeness (QED) is 0.359. The van der Waals surface area contributed by atoms with Gasteiger partial charge in [0.25, 0.3) is 10.0 Å². The zero-order valence-electron chi connectivity index (χ0n) is 23.2. The molecular formula is C30H37N3O5S. The van der Waals surface area contributed by atoms with Crippen LogP contribution in [0.1, 0.15) is 37.0 Å². The van der Waals surface area contributed by atoms with Gasteiger partial charge in [0.05, 0.1) is 17.7 Å². The molecule has 3 rings (SSSR count). The number of hydrogen-bond donors (Lipinski definition) is 1. The van der Waals surface area contributed by atoms with E-state index < -0.39 is 28.5 Å². The number of benzene rings is 3. The van der Waals surface area contributed by atoms with Crippen molar-refractivity contribution in [2.75, 3.05) is 24.5 Å². The number of carbonyl (C=O) groups is 2. The number of sulfonamides is 1. The predicted molar refractivity (Wildman–Crippen MR) is 153 cm³/mol. The lowest BCUT2D eigenvalue weighted by atomic mass is 10.1. The molecule has 3 aromatic rings. The van der Waals surface area contributed by atoms with Crippen LogP contribution in [-0.4, -0.2) is 51.4 Å². The molecule has 1 N–H and O–H groups in total. The van der Waals surface area contributed by atoms with Crippen LogP contribution in [0.2, 0.25) is 0 Å². The van der Waals surface area contributed by atoms with E-state index in [1.54, 1.807) is 36.4 Å². The number of anilines is 1. The highest BCUT2D eigenvalue weighted by Crippen LogP contribution is 2.26. The molecule has 0 heterocycles. The van der Waals surface area contributed by atoms with E-state index in [-0.39, 0.29) is 17.3 Å². The first-order chi connectivity index (χ1) is 18.6. The maximum atomic E-state index is 14.0. The first-order valence-electron chi connectivity index (χ1n) is 13.0. The Morgan fingerprint density at radius 2 is 1.59 bits per heavy atom. The minimum Gasteiger partial charge on any atom is -0.497 e. The van der Waals surface area contributed by atoms with E-state index in [0.29, 0.717) is 24.4 Å². The third-order valence-electron chi connectivity index (χ3n) is 6.42. The van der Waals surface area contributed by atoms with E-state index in [9.17, 15) is 18.0 Å². The molecule has 8 nitrogen and oxygen atoms in total. The Kier molecular flexibility index (Phi) is 10.1. The second-order valence-corrected chi connectivity index (χ2v) is 11.2. The van der Waals surface area contributed by atoms with E-state index >= 15 is 0 Å². The van der Waals surface area contributed by atoms with Crippen molar-refractivity contribution in [3.63, 3.8) is 0 Å². The SMILES string of the molecule is CCNC(=O)[C@H](CC)N(Cc1cccc(C)c1)C(=O)CN(c1ccc(C)cc1)S(=O)(=O)c1ccc(OC)cc1. The van der Waals surface area contributed by atoms with Crippen LogP contribution in [0.4, 0.5) is 5.69 Å². The summed E-state index contributed by atoms with van der Waals surface area (Å²) in [7, 11) is -2.63. The minimum atomic E-state index is -4.13. The van der Waals surface area contributed by atoms with Crippen LogP contribution < -0.4 is 14.4 Å². The highest BCUT2D eigenvalue weighted by Gasteiger charge is 2.33. The molecule has 9 heteroatoms. The Labute approximate surface area is 231 Å². The normalized spacial score (nSPS) is 11.9. The Morgan fingerprint density at radius 3 is 2.15 bits per heavy atom. The summed E-state index contributed by atoms with van der Waals surface area (Å²) < 4.78 is 34.1. The molecule has 0 saturated carbocycles. The molecule has 0 aliphatic rings. The van der Waals surface area contributed by atoms with Crippen molar-refractivity contribution < 1.29 is 22.7 Å². The molecular weight excluding hydrogens is 514 g/mol. The third-order valence-corrected chi connectivity index (χ3v) is 8.21. The van der Waals surface area contributed by atoms with Crippen LogP contribution in [0.3, 0.4) is 0 Å². The molecule has 0 spiro atoms. The topological polar surface area (TPSA) is 96.0 Å². The van der Waals surface area contributed by atoms with Crippen molar-refractivity contribution in [3.8, 4) is 5.75 Å². The molecule has 0 aliphatic carbocycles. The number of hydrogen-bond acceptors (Lipinski definition) is 5. The van der Waals surface area contributed by atoms with Crippen molar-refractivity contribution in [3.05, 3.63) is 89.5 Å². The van der Waals surface area contributed by atoms with Gasteiger partial charge in [-0.3, -0.25) is 13.9 Å². The summed E-state index contributed by atoms with van der Waals surface area (Å²) in [5.41, 5.74) is 3.18. The van der Waals surface area contributed by atoms with Crippen LogP contribution in [-0.2, 0) is 26.2 Å². The van der Waals surface area contributed by atoms with Gasteiger partial charge in [-0.1, -0.05) is 54.4 Å². The zero-order valence-corrected chi connectivity index (χ0v) is 24.0. The van der Waals surface area contributed by atoms with Gasteiger partial charge in [-0.15, -0.1) is 0 Å². The molecule has 0 unspecified atom stereocenters. The monoisotopic (exact) mass is 551 g/mol. The highest BCUT2D eigenvalue weighted by atomic mass is 32.2. The van der Waals surface area contributed by atoms with Gasteiger partial charge >= 0.3 is 0 Å². The Balaban J connectivity index is 2.05. The van der Waals surface area contributed by atoms with Gasteiger partial charge in [0.2, 0.25) is 11.8 Å². The van der Waals surface area contributed by atoms with Crippen LogP contribution in [0.15, 0.2) is 77.7 Å². The number of aryl methyl sites for hydroxylation is 2. The zero-order chi connectivity index (χ0) is 28.6. The second kappa shape index (κ2) is 13.3. The number of ether oxygens (including phenoxy) is 1. The molecule has 39 heavy (non-hydrogen) atoms.